The third-order valence-corrected chi connectivity index (χ3v) is 7.18. The second kappa shape index (κ2) is 7.32. The van der Waals surface area contributed by atoms with Crippen LogP contribution < -0.4 is 4.72 Å². The molecule has 0 radical (unpaired) electrons. The molecule has 140 valence electrons. The van der Waals surface area contributed by atoms with Gasteiger partial charge in [0.15, 0.2) is 0 Å². The van der Waals surface area contributed by atoms with E-state index >= 15 is 0 Å². The van der Waals surface area contributed by atoms with Gasteiger partial charge < -0.3 is 4.90 Å². The summed E-state index contributed by atoms with van der Waals surface area (Å²) in [6.45, 7) is 1.63. The summed E-state index contributed by atoms with van der Waals surface area (Å²) in [5.41, 5.74) is 0.487. The van der Waals surface area contributed by atoms with E-state index in [1.165, 1.54) is 17.8 Å². The highest BCUT2D eigenvalue weighted by atomic mass is 32.2. The molecule has 0 spiro atoms. The van der Waals surface area contributed by atoms with Crippen molar-refractivity contribution in [2.75, 3.05) is 17.8 Å². The largest absolute Gasteiger partial charge is 0.338 e. The maximum Gasteiger partial charge on any atom is 0.263 e. The minimum absolute atomic E-state index is 0.0716. The predicted molar refractivity (Wildman–Crippen MR) is 109 cm³/mol. The van der Waals surface area contributed by atoms with Gasteiger partial charge in [-0.05, 0) is 61.0 Å². The fraction of sp³-hybridized carbons (Fsp3) is 0.250. The molecule has 1 amide bonds. The third kappa shape index (κ3) is 3.84. The first kappa shape index (κ1) is 18.0. The normalized spacial score (nSPS) is 15.0. The standard InChI is InChI=1S/C20H20N2O3S2/c23-20(22-11-5-2-6-12-22)19-14-15-13-16(9-10-18(15)26-19)21-27(24,25)17-7-3-1-4-8-17/h1,3-4,7-10,13-14,21H,2,5-6,11-12H2. The number of thiophene rings is 1. The van der Waals surface area contributed by atoms with Crippen molar-refractivity contribution in [2.24, 2.45) is 0 Å². The Balaban J connectivity index is 1.58. The predicted octanol–water partition coefficient (Wildman–Crippen LogP) is 4.33. The van der Waals surface area contributed by atoms with E-state index in [-0.39, 0.29) is 10.8 Å². The van der Waals surface area contributed by atoms with E-state index in [0.717, 1.165) is 36.0 Å². The van der Waals surface area contributed by atoms with Crippen molar-refractivity contribution >= 4 is 43.0 Å². The van der Waals surface area contributed by atoms with Crippen LogP contribution in [0.4, 0.5) is 5.69 Å². The van der Waals surface area contributed by atoms with Gasteiger partial charge in [0.1, 0.15) is 0 Å². The van der Waals surface area contributed by atoms with Gasteiger partial charge in [-0.1, -0.05) is 18.2 Å². The van der Waals surface area contributed by atoms with Crippen molar-refractivity contribution < 1.29 is 13.2 Å². The minimum Gasteiger partial charge on any atom is -0.338 e. The molecular formula is C20H20N2O3S2. The Bertz CT molecular complexity index is 1070. The highest BCUT2D eigenvalue weighted by molar-refractivity contribution is 7.92. The SMILES string of the molecule is O=C(c1cc2cc(NS(=O)(=O)c3ccccc3)ccc2s1)N1CCCCC1. The number of anilines is 1. The number of amides is 1. The first-order valence-electron chi connectivity index (χ1n) is 8.94. The zero-order valence-corrected chi connectivity index (χ0v) is 16.4. The molecule has 1 aromatic heterocycles. The van der Waals surface area contributed by atoms with Gasteiger partial charge in [-0.3, -0.25) is 9.52 Å². The summed E-state index contributed by atoms with van der Waals surface area (Å²) < 4.78 is 28.6. The van der Waals surface area contributed by atoms with Crippen LogP contribution in [0.5, 0.6) is 0 Å². The van der Waals surface area contributed by atoms with Crippen LogP contribution in [-0.2, 0) is 10.0 Å². The number of carbonyl (C=O) groups excluding carboxylic acids is 1. The smallest absolute Gasteiger partial charge is 0.263 e. The molecule has 4 rings (SSSR count). The Morgan fingerprint density at radius 3 is 2.44 bits per heavy atom. The van der Waals surface area contributed by atoms with Crippen molar-refractivity contribution in [3.63, 3.8) is 0 Å². The molecule has 0 bridgehead atoms. The number of likely N-dealkylation sites (tertiary alicyclic amines) is 1. The van der Waals surface area contributed by atoms with E-state index < -0.39 is 10.0 Å². The average molecular weight is 401 g/mol. The zero-order chi connectivity index (χ0) is 18.9. The van der Waals surface area contributed by atoms with E-state index in [1.807, 2.05) is 17.0 Å². The molecule has 1 aliphatic heterocycles. The second-order valence-electron chi connectivity index (χ2n) is 6.63. The van der Waals surface area contributed by atoms with Gasteiger partial charge in [-0.2, -0.15) is 0 Å². The van der Waals surface area contributed by atoms with E-state index in [2.05, 4.69) is 4.72 Å². The van der Waals surface area contributed by atoms with Gasteiger partial charge in [0.05, 0.1) is 9.77 Å². The highest BCUT2D eigenvalue weighted by Crippen LogP contribution is 2.30. The van der Waals surface area contributed by atoms with Gasteiger partial charge in [-0.15, -0.1) is 11.3 Å². The number of piperidine rings is 1. The molecule has 5 nitrogen and oxygen atoms in total. The molecule has 0 atom stereocenters. The molecule has 0 saturated carbocycles. The summed E-state index contributed by atoms with van der Waals surface area (Å²) >= 11 is 1.45. The van der Waals surface area contributed by atoms with Gasteiger partial charge in [-0.25, -0.2) is 8.42 Å². The van der Waals surface area contributed by atoms with Crippen LogP contribution in [0.1, 0.15) is 28.9 Å². The Morgan fingerprint density at radius 2 is 1.70 bits per heavy atom. The van der Waals surface area contributed by atoms with Crippen LogP contribution in [0.3, 0.4) is 0 Å². The molecule has 27 heavy (non-hydrogen) atoms. The number of benzene rings is 2. The number of nitrogens with zero attached hydrogens (tertiary/aromatic N) is 1. The number of hydrogen-bond acceptors (Lipinski definition) is 4. The monoisotopic (exact) mass is 400 g/mol. The molecule has 1 aliphatic rings. The Labute approximate surface area is 162 Å². The van der Waals surface area contributed by atoms with Crippen LogP contribution in [0.25, 0.3) is 10.1 Å². The summed E-state index contributed by atoms with van der Waals surface area (Å²) in [7, 11) is -3.63. The lowest BCUT2D eigenvalue weighted by atomic mass is 10.1. The fourth-order valence-electron chi connectivity index (χ4n) is 3.28. The summed E-state index contributed by atoms with van der Waals surface area (Å²) in [5.74, 6) is 0.0716. The first-order valence-corrected chi connectivity index (χ1v) is 11.2. The number of rotatable bonds is 4. The van der Waals surface area contributed by atoms with E-state index in [4.69, 9.17) is 0 Å². The first-order chi connectivity index (χ1) is 13.0. The second-order valence-corrected chi connectivity index (χ2v) is 9.40. The van der Waals surface area contributed by atoms with E-state index in [9.17, 15) is 13.2 Å². The van der Waals surface area contributed by atoms with Crippen molar-refractivity contribution in [1.82, 2.24) is 4.90 Å². The lowest BCUT2D eigenvalue weighted by molar-refractivity contribution is 0.0729. The molecule has 2 aromatic carbocycles. The quantitative estimate of drug-likeness (QED) is 0.709. The van der Waals surface area contributed by atoms with Crippen LogP contribution in [0, 0.1) is 0 Å². The molecule has 2 heterocycles. The van der Waals surface area contributed by atoms with Crippen LogP contribution in [0.15, 0.2) is 59.5 Å². The minimum atomic E-state index is -3.63. The van der Waals surface area contributed by atoms with Gasteiger partial charge in [0, 0.05) is 23.5 Å². The Hall–Kier alpha value is -2.38. The number of sulfonamides is 1. The fourth-order valence-corrected chi connectivity index (χ4v) is 5.36. The van der Waals surface area contributed by atoms with Crippen LogP contribution in [-0.4, -0.2) is 32.3 Å². The lowest BCUT2D eigenvalue weighted by Crippen LogP contribution is -2.35. The highest BCUT2D eigenvalue weighted by Gasteiger charge is 2.20. The summed E-state index contributed by atoms with van der Waals surface area (Å²) in [5, 5.41) is 0.869. The van der Waals surface area contributed by atoms with Crippen LogP contribution >= 0.6 is 11.3 Å². The lowest BCUT2D eigenvalue weighted by Gasteiger charge is -2.26. The molecule has 7 heteroatoms. The van der Waals surface area contributed by atoms with Crippen molar-refractivity contribution in [3.05, 3.63) is 59.5 Å². The number of hydrogen-bond donors (Lipinski definition) is 1. The molecule has 1 fully saturated rings. The summed E-state index contributed by atoms with van der Waals surface area (Å²) in [6.07, 6.45) is 3.30. The van der Waals surface area contributed by atoms with Gasteiger partial charge in [0.25, 0.3) is 15.9 Å². The average Bonchev–Trinajstić information content (AvgIpc) is 3.12. The molecule has 3 aromatic rings. The van der Waals surface area contributed by atoms with E-state index in [0.29, 0.717) is 10.6 Å². The third-order valence-electron chi connectivity index (χ3n) is 4.68. The molecule has 0 aliphatic carbocycles. The van der Waals surface area contributed by atoms with E-state index in [1.54, 1.807) is 42.5 Å². The van der Waals surface area contributed by atoms with Crippen LogP contribution in [0.2, 0.25) is 0 Å². The molecule has 0 unspecified atom stereocenters. The maximum atomic E-state index is 12.7. The topological polar surface area (TPSA) is 66.5 Å². The summed E-state index contributed by atoms with van der Waals surface area (Å²) in [6, 6.07) is 15.5. The maximum absolute atomic E-state index is 12.7. The summed E-state index contributed by atoms with van der Waals surface area (Å²) in [4.78, 5) is 15.5. The zero-order valence-electron chi connectivity index (χ0n) is 14.7. The molecular weight excluding hydrogens is 380 g/mol. The Kier molecular flexibility index (Phi) is 4.88. The van der Waals surface area contributed by atoms with Gasteiger partial charge >= 0.3 is 0 Å². The molecule has 1 N–H and O–H groups in total. The Morgan fingerprint density at radius 1 is 0.963 bits per heavy atom. The van der Waals surface area contributed by atoms with Crippen molar-refractivity contribution in [2.45, 2.75) is 24.2 Å². The molecule has 1 saturated heterocycles. The number of carbonyl (C=O) groups is 1. The van der Waals surface area contributed by atoms with Crippen molar-refractivity contribution in [1.29, 1.82) is 0 Å². The number of fused-ring (bicyclic) bond motifs is 1. The number of nitrogens with one attached hydrogen (secondary N) is 1. The van der Waals surface area contributed by atoms with Gasteiger partial charge in [0.2, 0.25) is 0 Å². The van der Waals surface area contributed by atoms with Crippen molar-refractivity contribution in [3.8, 4) is 0 Å².